The summed E-state index contributed by atoms with van der Waals surface area (Å²) in [6, 6.07) is 0. The molecule has 0 unspecified atom stereocenters. The van der Waals surface area contributed by atoms with Crippen molar-refractivity contribution in [1.29, 1.82) is 0 Å². The highest BCUT2D eigenvalue weighted by molar-refractivity contribution is 6.74. The molecule has 0 aliphatic heterocycles. The van der Waals surface area contributed by atoms with Crippen molar-refractivity contribution in [3.05, 3.63) is 0 Å². The lowest BCUT2D eigenvalue weighted by Crippen LogP contribution is -2.46. The number of hydrogen-bond donors (Lipinski definition) is 0. The number of rotatable bonds is 6. The summed E-state index contributed by atoms with van der Waals surface area (Å²) in [4.78, 5) is 11.9. The predicted molar refractivity (Wildman–Crippen MR) is 91.9 cm³/mol. The van der Waals surface area contributed by atoms with E-state index in [4.69, 9.17) is 9.16 Å². The van der Waals surface area contributed by atoms with Gasteiger partial charge in [-0.25, -0.2) is 0 Å². The topological polar surface area (TPSA) is 35.5 Å². The molecule has 0 bridgehead atoms. The van der Waals surface area contributed by atoms with Crippen LogP contribution in [0.15, 0.2) is 0 Å². The highest BCUT2D eigenvalue weighted by Crippen LogP contribution is 2.38. The molecule has 0 saturated carbocycles. The molecule has 0 aliphatic rings. The van der Waals surface area contributed by atoms with Gasteiger partial charge in [-0.1, -0.05) is 34.6 Å². The first kappa shape index (κ1) is 20.6. The molecular formula is C17H36O3Si. The highest BCUT2D eigenvalue weighted by Gasteiger charge is 2.40. The molecule has 0 aromatic rings. The Morgan fingerprint density at radius 1 is 1.10 bits per heavy atom. The molecule has 3 nitrogen and oxygen atoms in total. The molecule has 0 heterocycles. The zero-order chi connectivity index (χ0) is 17.1. The number of esters is 1. The lowest BCUT2D eigenvalue weighted by molar-refractivity contribution is -0.155. The van der Waals surface area contributed by atoms with Crippen molar-refractivity contribution in [2.24, 2.45) is 11.3 Å². The van der Waals surface area contributed by atoms with Gasteiger partial charge >= 0.3 is 5.97 Å². The number of carbonyl (C=O) groups is 1. The molecule has 126 valence electrons. The second kappa shape index (κ2) is 7.27. The van der Waals surface area contributed by atoms with E-state index in [2.05, 4.69) is 47.7 Å². The highest BCUT2D eigenvalue weighted by atomic mass is 28.4. The predicted octanol–water partition coefficient (Wildman–Crippen LogP) is 5.01. The van der Waals surface area contributed by atoms with Gasteiger partial charge in [0.05, 0.1) is 18.1 Å². The molecule has 21 heavy (non-hydrogen) atoms. The number of ether oxygens (including phenoxy) is 1. The quantitative estimate of drug-likeness (QED) is 0.510. The Bertz CT molecular complexity index is 337. The average molecular weight is 317 g/mol. The molecule has 0 aromatic carbocycles. The van der Waals surface area contributed by atoms with E-state index in [1.165, 1.54) is 0 Å². The van der Waals surface area contributed by atoms with Crippen LogP contribution in [0, 0.1) is 11.3 Å². The van der Waals surface area contributed by atoms with Gasteiger partial charge in [-0.2, -0.15) is 0 Å². The van der Waals surface area contributed by atoms with E-state index in [9.17, 15) is 4.79 Å². The second-order valence-electron chi connectivity index (χ2n) is 8.65. The van der Waals surface area contributed by atoms with Crippen LogP contribution in [0.2, 0.25) is 18.1 Å². The zero-order valence-electron chi connectivity index (χ0n) is 15.8. The lowest BCUT2D eigenvalue weighted by atomic mass is 9.97. The van der Waals surface area contributed by atoms with Crippen LogP contribution < -0.4 is 0 Å². The van der Waals surface area contributed by atoms with Crippen molar-refractivity contribution in [2.45, 2.75) is 86.0 Å². The molecule has 0 amide bonds. The van der Waals surface area contributed by atoms with Crippen LogP contribution in [0.1, 0.15) is 61.8 Å². The summed E-state index contributed by atoms with van der Waals surface area (Å²) in [7, 11) is -1.79. The third kappa shape index (κ3) is 6.51. The van der Waals surface area contributed by atoms with E-state index in [0.717, 1.165) is 6.42 Å². The summed E-state index contributed by atoms with van der Waals surface area (Å²) in [5.74, 6) is 0.0759. The Balaban J connectivity index is 4.65. The van der Waals surface area contributed by atoms with Gasteiger partial charge in [0.1, 0.15) is 0 Å². The maximum Gasteiger partial charge on any atom is 0.311 e. The van der Waals surface area contributed by atoms with Crippen LogP contribution >= 0.6 is 0 Å². The number of hydrogen-bond acceptors (Lipinski definition) is 3. The van der Waals surface area contributed by atoms with Gasteiger partial charge in [-0.3, -0.25) is 4.79 Å². The van der Waals surface area contributed by atoms with E-state index in [-0.39, 0.29) is 23.0 Å². The van der Waals surface area contributed by atoms with Crippen LogP contribution in [-0.4, -0.2) is 27.0 Å². The molecule has 0 radical (unpaired) electrons. The van der Waals surface area contributed by atoms with E-state index >= 15 is 0 Å². The zero-order valence-corrected chi connectivity index (χ0v) is 16.8. The van der Waals surface area contributed by atoms with Crippen LogP contribution in [0.4, 0.5) is 0 Å². The first-order chi connectivity index (χ1) is 9.22. The largest absolute Gasteiger partial charge is 0.465 e. The Morgan fingerprint density at radius 3 is 1.90 bits per heavy atom. The minimum atomic E-state index is -1.79. The van der Waals surface area contributed by atoms with E-state index in [0.29, 0.717) is 6.61 Å². The van der Waals surface area contributed by atoms with Crippen molar-refractivity contribution in [1.82, 2.24) is 0 Å². The average Bonchev–Trinajstić information content (AvgIpc) is 2.29. The maximum absolute atomic E-state index is 11.9. The van der Waals surface area contributed by atoms with Crippen LogP contribution in [-0.2, 0) is 14.0 Å². The van der Waals surface area contributed by atoms with Crippen LogP contribution in [0.5, 0.6) is 0 Å². The monoisotopic (exact) mass is 316 g/mol. The summed E-state index contributed by atoms with van der Waals surface area (Å²) in [5, 5.41) is 0.197. The van der Waals surface area contributed by atoms with Gasteiger partial charge in [0.15, 0.2) is 8.32 Å². The van der Waals surface area contributed by atoms with Crippen molar-refractivity contribution < 1.29 is 14.0 Å². The molecule has 4 heteroatoms. The Labute approximate surface area is 132 Å². The Kier molecular flexibility index (Phi) is 7.15. The molecule has 0 aromatic heterocycles. The molecule has 0 rings (SSSR count). The fraction of sp³-hybridized carbons (Fsp3) is 0.941. The third-order valence-corrected chi connectivity index (χ3v) is 8.88. The second-order valence-corrected chi connectivity index (χ2v) is 13.4. The number of carbonyl (C=O) groups excluding carboxylic acids is 1. The molecule has 0 aliphatic carbocycles. The summed E-state index contributed by atoms with van der Waals surface area (Å²) < 4.78 is 11.9. The van der Waals surface area contributed by atoms with Crippen molar-refractivity contribution in [3.63, 3.8) is 0 Å². The van der Waals surface area contributed by atoms with Crippen molar-refractivity contribution in [3.8, 4) is 0 Å². The Morgan fingerprint density at radius 2 is 1.57 bits per heavy atom. The summed E-state index contributed by atoms with van der Waals surface area (Å²) in [5.41, 5.74) is -0.443. The lowest BCUT2D eigenvalue weighted by Gasteiger charge is -2.40. The Hall–Kier alpha value is -0.353. The molecule has 0 spiro atoms. The van der Waals surface area contributed by atoms with E-state index in [1.807, 2.05) is 20.8 Å². The summed E-state index contributed by atoms with van der Waals surface area (Å²) >= 11 is 0. The smallest absolute Gasteiger partial charge is 0.311 e. The summed E-state index contributed by atoms with van der Waals surface area (Å²) in [6.45, 7) is 21.6. The molecular weight excluding hydrogens is 280 g/mol. The van der Waals surface area contributed by atoms with E-state index < -0.39 is 13.7 Å². The fourth-order valence-electron chi connectivity index (χ4n) is 1.69. The molecule has 0 saturated heterocycles. The summed E-state index contributed by atoms with van der Waals surface area (Å²) in [6.07, 6.45) is 1.10. The molecule has 0 fully saturated rings. The van der Waals surface area contributed by atoms with Gasteiger partial charge in [0.25, 0.3) is 0 Å². The van der Waals surface area contributed by atoms with Gasteiger partial charge in [0, 0.05) is 5.92 Å². The van der Waals surface area contributed by atoms with Gasteiger partial charge < -0.3 is 9.16 Å². The van der Waals surface area contributed by atoms with Gasteiger partial charge in [0.2, 0.25) is 0 Å². The van der Waals surface area contributed by atoms with E-state index in [1.54, 1.807) is 0 Å². The van der Waals surface area contributed by atoms with Crippen molar-refractivity contribution >= 4 is 14.3 Å². The normalized spacial score (nSPS) is 16.5. The minimum absolute atomic E-state index is 0.142. The first-order valence-electron chi connectivity index (χ1n) is 8.07. The third-order valence-electron chi connectivity index (χ3n) is 4.38. The standard InChI is InChI=1S/C17H36O3Si/c1-11-14(20-21(9,10)17(6,7)8)13(2)12-19-15(18)16(3,4)5/h13-14H,11-12H2,1-10H3/t13-,14+/m1/s1. The minimum Gasteiger partial charge on any atom is -0.465 e. The molecule has 0 N–H and O–H groups in total. The SMILES string of the molecule is CC[C@H](O[Si](C)(C)C(C)(C)C)[C@H](C)COC(=O)C(C)(C)C. The van der Waals surface area contributed by atoms with Crippen LogP contribution in [0.3, 0.4) is 0 Å². The first-order valence-corrected chi connectivity index (χ1v) is 11.0. The fourth-order valence-corrected chi connectivity index (χ4v) is 3.20. The molecule has 2 atom stereocenters. The van der Waals surface area contributed by atoms with Gasteiger partial charge in [-0.05, 0) is 45.3 Å². The maximum atomic E-state index is 11.9. The van der Waals surface area contributed by atoms with Gasteiger partial charge in [-0.15, -0.1) is 0 Å². The van der Waals surface area contributed by atoms with Crippen LogP contribution in [0.25, 0.3) is 0 Å². The van der Waals surface area contributed by atoms with Crippen molar-refractivity contribution in [2.75, 3.05) is 6.61 Å².